The number of nitrogens with one attached hydrogen (secondary N) is 1. The van der Waals surface area contributed by atoms with Crippen molar-refractivity contribution in [1.29, 1.82) is 0 Å². The van der Waals surface area contributed by atoms with Crippen molar-refractivity contribution >= 4 is 17.4 Å². The van der Waals surface area contributed by atoms with Crippen LogP contribution < -0.4 is 10.1 Å². The van der Waals surface area contributed by atoms with Gasteiger partial charge >= 0.3 is 0 Å². The fourth-order valence-electron chi connectivity index (χ4n) is 3.78. The average Bonchev–Trinajstić information content (AvgIpc) is 2.80. The topological polar surface area (TPSA) is 66.4 Å². The van der Waals surface area contributed by atoms with Crippen LogP contribution in [0.1, 0.15) is 38.2 Å². The van der Waals surface area contributed by atoms with Crippen LogP contribution in [0, 0.1) is 0 Å². The van der Waals surface area contributed by atoms with Gasteiger partial charge in [0, 0.05) is 40.3 Å². The monoisotopic (exact) mass is 428 g/mol. The molecule has 170 valence electrons. The predicted molar refractivity (Wildman–Crippen MR) is 124 cm³/mol. The second-order valence-corrected chi connectivity index (χ2v) is 8.18. The highest BCUT2D eigenvalue weighted by molar-refractivity contribution is 5.85. The van der Waals surface area contributed by atoms with Gasteiger partial charge in [0.25, 0.3) is 0 Å². The Morgan fingerprint density at radius 3 is 2.71 bits per heavy atom. The zero-order chi connectivity index (χ0) is 22.1. The molecule has 1 atom stereocenters. The molecule has 0 radical (unpaired) electrons. The quantitative estimate of drug-likeness (QED) is 0.534. The molecule has 0 spiro atoms. The lowest BCUT2D eigenvalue weighted by atomic mass is 9.99. The van der Waals surface area contributed by atoms with Gasteiger partial charge in [0.2, 0.25) is 5.91 Å². The fraction of sp³-hybridized carbons (Fsp3) is 0.583. The number of hydrogen-bond donors (Lipinski definition) is 1. The minimum atomic E-state index is -0.00385. The van der Waals surface area contributed by atoms with E-state index in [-0.39, 0.29) is 18.6 Å². The van der Waals surface area contributed by atoms with Gasteiger partial charge in [0.15, 0.2) is 5.96 Å². The van der Waals surface area contributed by atoms with E-state index in [4.69, 9.17) is 9.47 Å². The van der Waals surface area contributed by atoms with Crippen LogP contribution in [0.25, 0.3) is 5.57 Å². The smallest absolute Gasteiger partial charge is 0.243 e. The molecule has 1 aromatic carbocycles. The molecule has 1 amide bonds. The Morgan fingerprint density at radius 1 is 1.29 bits per heavy atom. The van der Waals surface area contributed by atoms with Crippen LogP contribution in [0.4, 0.5) is 0 Å². The van der Waals surface area contributed by atoms with Crippen LogP contribution >= 0.6 is 0 Å². The van der Waals surface area contributed by atoms with E-state index in [9.17, 15) is 4.79 Å². The number of ether oxygens (including phenoxy) is 2. The van der Waals surface area contributed by atoms with E-state index < -0.39 is 0 Å². The maximum atomic E-state index is 12.1. The number of likely N-dealkylation sites (N-methyl/N-ethyl adjacent to an activating group) is 1. The molecular formula is C24H36N4O3. The minimum absolute atomic E-state index is 0.00385. The Kier molecular flexibility index (Phi) is 8.76. The lowest BCUT2D eigenvalue weighted by Crippen LogP contribution is -2.47. The van der Waals surface area contributed by atoms with E-state index in [1.807, 2.05) is 19.1 Å². The number of rotatable bonds is 7. The molecule has 0 aliphatic carbocycles. The third kappa shape index (κ3) is 6.99. The molecule has 2 aliphatic heterocycles. The lowest BCUT2D eigenvalue weighted by molar-refractivity contribution is -0.127. The van der Waals surface area contributed by atoms with Crippen molar-refractivity contribution in [3.05, 3.63) is 35.9 Å². The van der Waals surface area contributed by atoms with E-state index in [1.165, 1.54) is 17.6 Å². The number of hydrogen-bond acceptors (Lipinski definition) is 4. The predicted octanol–water partition coefficient (Wildman–Crippen LogP) is 2.78. The van der Waals surface area contributed by atoms with Gasteiger partial charge in [0.1, 0.15) is 12.3 Å². The standard InChI is InChI=1S/C24H36N4O3/c1-4-30-21-10-8-19(9-11-21)20-12-14-28(15-13-20)24(26-18-23(29)27(2)3)25-17-22-7-5-6-16-31-22/h8-12,22H,4-7,13-18H2,1-3H3,(H,25,26). The number of benzene rings is 1. The van der Waals surface area contributed by atoms with Crippen LogP contribution in [-0.4, -0.2) is 81.3 Å². The molecule has 1 saturated heterocycles. The summed E-state index contributed by atoms with van der Waals surface area (Å²) in [5.74, 6) is 1.68. The zero-order valence-corrected chi connectivity index (χ0v) is 19.1. The number of aliphatic imine (C=N–C) groups is 1. The summed E-state index contributed by atoms with van der Waals surface area (Å²) < 4.78 is 11.4. The van der Waals surface area contributed by atoms with Crippen molar-refractivity contribution < 1.29 is 14.3 Å². The summed E-state index contributed by atoms with van der Waals surface area (Å²) in [6, 6.07) is 8.29. The van der Waals surface area contributed by atoms with Crippen LogP contribution in [0.2, 0.25) is 0 Å². The largest absolute Gasteiger partial charge is 0.494 e. The van der Waals surface area contributed by atoms with Crippen molar-refractivity contribution in [2.45, 2.75) is 38.7 Å². The van der Waals surface area contributed by atoms with Gasteiger partial charge in [-0.15, -0.1) is 0 Å². The number of nitrogens with zero attached hydrogens (tertiary/aromatic N) is 3. The lowest BCUT2D eigenvalue weighted by Gasteiger charge is -2.31. The number of guanidine groups is 1. The van der Waals surface area contributed by atoms with Gasteiger partial charge in [-0.25, -0.2) is 4.99 Å². The molecule has 7 heteroatoms. The van der Waals surface area contributed by atoms with Crippen LogP contribution in [0.3, 0.4) is 0 Å². The van der Waals surface area contributed by atoms with E-state index in [1.54, 1.807) is 19.0 Å². The highest BCUT2D eigenvalue weighted by Crippen LogP contribution is 2.24. The van der Waals surface area contributed by atoms with Gasteiger partial charge in [-0.3, -0.25) is 4.79 Å². The van der Waals surface area contributed by atoms with Crippen molar-refractivity contribution in [2.75, 3.05) is 53.5 Å². The first-order valence-electron chi connectivity index (χ1n) is 11.3. The summed E-state index contributed by atoms with van der Waals surface area (Å²) in [5, 5.41) is 3.46. The highest BCUT2D eigenvalue weighted by Gasteiger charge is 2.20. The van der Waals surface area contributed by atoms with Crippen molar-refractivity contribution in [1.82, 2.24) is 15.1 Å². The third-order valence-corrected chi connectivity index (χ3v) is 5.67. The number of carbonyl (C=O) groups is 1. The molecule has 3 rings (SSSR count). The number of carbonyl (C=O) groups excluding carboxylic acids is 1. The second kappa shape index (κ2) is 11.7. The molecule has 1 unspecified atom stereocenters. The van der Waals surface area contributed by atoms with Gasteiger partial charge < -0.3 is 24.6 Å². The molecular weight excluding hydrogens is 392 g/mol. The highest BCUT2D eigenvalue weighted by atomic mass is 16.5. The molecule has 31 heavy (non-hydrogen) atoms. The minimum Gasteiger partial charge on any atom is -0.494 e. The molecule has 1 aromatic rings. The van der Waals surface area contributed by atoms with Gasteiger partial charge in [-0.2, -0.15) is 0 Å². The summed E-state index contributed by atoms with van der Waals surface area (Å²) >= 11 is 0. The van der Waals surface area contributed by atoms with Gasteiger partial charge in [-0.1, -0.05) is 18.2 Å². The molecule has 0 bridgehead atoms. The van der Waals surface area contributed by atoms with E-state index >= 15 is 0 Å². The van der Waals surface area contributed by atoms with Crippen LogP contribution in [0.15, 0.2) is 35.3 Å². The summed E-state index contributed by atoms with van der Waals surface area (Å²) in [7, 11) is 3.51. The molecule has 1 fully saturated rings. The first-order chi connectivity index (χ1) is 15.1. The molecule has 2 heterocycles. The first kappa shape index (κ1) is 23.1. The maximum absolute atomic E-state index is 12.1. The molecule has 0 aromatic heterocycles. The normalized spacial score (nSPS) is 19.6. The second-order valence-electron chi connectivity index (χ2n) is 8.18. The van der Waals surface area contributed by atoms with Gasteiger partial charge in [-0.05, 0) is 55.9 Å². The Balaban J connectivity index is 1.64. The molecule has 1 N–H and O–H groups in total. The Labute approximate surface area is 186 Å². The van der Waals surface area contributed by atoms with E-state index in [0.717, 1.165) is 57.2 Å². The first-order valence-corrected chi connectivity index (χ1v) is 11.3. The Bertz CT molecular complexity index is 768. The van der Waals surface area contributed by atoms with Crippen LogP contribution in [0.5, 0.6) is 5.75 Å². The maximum Gasteiger partial charge on any atom is 0.243 e. The Morgan fingerprint density at radius 2 is 2.10 bits per heavy atom. The molecule has 0 saturated carbocycles. The van der Waals surface area contributed by atoms with Crippen LogP contribution in [-0.2, 0) is 9.53 Å². The Hall–Kier alpha value is -2.54. The fourth-order valence-corrected chi connectivity index (χ4v) is 3.78. The number of amides is 1. The average molecular weight is 429 g/mol. The van der Waals surface area contributed by atoms with E-state index in [2.05, 4.69) is 33.4 Å². The van der Waals surface area contributed by atoms with E-state index in [0.29, 0.717) is 6.61 Å². The summed E-state index contributed by atoms with van der Waals surface area (Å²) in [4.78, 5) is 20.5. The molecule has 7 nitrogen and oxygen atoms in total. The summed E-state index contributed by atoms with van der Waals surface area (Å²) in [5.41, 5.74) is 2.56. The molecule has 2 aliphatic rings. The van der Waals surface area contributed by atoms with Crippen molar-refractivity contribution in [2.24, 2.45) is 4.99 Å². The summed E-state index contributed by atoms with van der Waals surface area (Å²) in [6.45, 7) is 5.98. The SMILES string of the molecule is CCOc1ccc(C2=CCN(C(=NCC(=O)N(C)C)NCC3CCCCO3)CC2)cc1. The van der Waals surface area contributed by atoms with Crippen molar-refractivity contribution in [3.8, 4) is 5.75 Å². The van der Waals surface area contributed by atoms with Gasteiger partial charge in [0.05, 0.1) is 12.7 Å². The third-order valence-electron chi connectivity index (χ3n) is 5.67. The zero-order valence-electron chi connectivity index (χ0n) is 19.1. The summed E-state index contributed by atoms with van der Waals surface area (Å²) in [6.07, 6.45) is 6.80. The van der Waals surface area contributed by atoms with Crippen molar-refractivity contribution in [3.63, 3.8) is 0 Å².